The first-order chi connectivity index (χ1) is 10.8. The first-order valence-corrected chi connectivity index (χ1v) is 7.43. The van der Waals surface area contributed by atoms with Crippen LogP contribution in [-0.2, 0) is 9.59 Å². The summed E-state index contributed by atoms with van der Waals surface area (Å²) in [7, 11) is 4.53. The molecule has 0 saturated carbocycles. The number of halogens is 1. The van der Waals surface area contributed by atoms with Gasteiger partial charge in [0.25, 0.3) is 5.91 Å². The lowest BCUT2D eigenvalue weighted by molar-refractivity contribution is -0.139. The van der Waals surface area contributed by atoms with Crippen molar-refractivity contribution in [3.63, 3.8) is 0 Å². The van der Waals surface area contributed by atoms with Gasteiger partial charge in [0.15, 0.2) is 18.1 Å². The number of aliphatic carboxylic acids is 1. The Labute approximate surface area is 147 Å². The van der Waals surface area contributed by atoms with Crippen molar-refractivity contribution < 1.29 is 24.2 Å². The number of nitriles is 1. The maximum Gasteiger partial charge on any atom is 0.341 e. The second-order valence-corrected chi connectivity index (χ2v) is 5.75. The average molecular weight is 430 g/mol. The Morgan fingerprint density at radius 2 is 2.09 bits per heavy atom. The Bertz CT molecular complexity index is 692. The third-order valence-electron chi connectivity index (χ3n) is 2.66. The van der Waals surface area contributed by atoms with E-state index < -0.39 is 18.5 Å². The minimum atomic E-state index is -1.10. The number of ether oxygens (including phenoxy) is 2. The Hall–Kier alpha value is -2.28. The Balaban J connectivity index is 3.25. The average Bonchev–Trinajstić information content (AvgIpc) is 2.49. The molecule has 1 rings (SSSR count). The minimum Gasteiger partial charge on any atom is -0.493 e. The van der Waals surface area contributed by atoms with E-state index in [9.17, 15) is 9.59 Å². The van der Waals surface area contributed by atoms with Crippen LogP contribution in [0.1, 0.15) is 5.56 Å². The Morgan fingerprint density at radius 3 is 2.57 bits per heavy atom. The summed E-state index contributed by atoms with van der Waals surface area (Å²) in [6.45, 7) is -0.496. The first-order valence-electron chi connectivity index (χ1n) is 6.35. The molecule has 8 heteroatoms. The van der Waals surface area contributed by atoms with Crippen molar-refractivity contribution in [3.8, 4) is 17.6 Å². The number of carbonyl (C=O) groups excluding carboxylic acids is 1. The van der Waals surface area contributed by atoms with Crippen molar-refractivity contribution in [1.82, 2.24) is 4.90 Å². The first kappa shape index (κ1) is 18.8. The van der Waals surface area contributed by atoms with Gasteiger partial charge in [0.1, 0.15) is 11.6 Å². The quantitative estimate of drug-likeness (QED) is 0.420. The van der Waals surface area contributed by atoms with Crippen LogP contribution in [0.3, 0.4) is 0 Å². The molecule has 0 spiro atoms. The molecule has 23 heavy (non-hydrogen) atoms. The zero-order valence-corrected chi connectivity index (χ0v) is 14.9. The maximum atomic E-state index is 11.9. The fourth-order valence-corrected chi connectivity index (χ4v) is 2.43. The van der Waals surface area contributed by atoms with E-state index >= 15 is 0 Å². The van der Waals surface area contributed by atoms with Crippen LogP contribution in [0.4, 0.5) is 0 Å². The van der Waals surface area contributed by atoms with E-state index in [1.54, 1.807) is 26.2 Å². The summed E-state index contributed by atoms with van der Waals surface area (Å²) < 4.78 is 11.0. The molecule has 0 aliphatic carbocycles. The summed E-state index contributed by atoms with van der Waals surface area (Å²) in [4.78, 5) is 23.8. The van der Waals surface area contributed by atoms with Gasteiger partial charge in [-0.2, -0.15) is 5.26 Å². The van der Waals surface area contributed by atoms with Crippen molar-refractivity contribution in [2.24, 2.45) is 0 Å². The van der Waals surface area contributed by atoms with Gasteiger partial charge in [-0.1, -0.05) is 0 Å². The molecule has 0 fully saturated rings. The van der Waals surface area contributed by atoms with Gasteiger partial charge in [-0.15, -0.1) is 0 Å². The molecule has 1 N–H and O–H groups in total. The zero-order valence-electron chi connectivity index (χ0n) is 12.8. The number of hydrogen-bond acceptors (Lipinski definition) is 5. The lowest BCUT2D eigenvalue weighted by Gasteiger charge is -2.13. The summed E-state index contributed by atoms with van der Waals surface area (Å²) in [5, 5.41) is 17.8. The van der Waals surface area contributed by atoms with Gasteiger partial charge < -0.3 is 19.5 Å². The van der Waals surface area contributed by atoms with Crippen LogP contribution >= 0.6 is 22.6 Å². The molecule has 122 valence electrons. The standard InChI is InChI=1S/C15H15IN2O5/c1-18(2)15(21)10(7-17)4-9-5-11(16)14(12(6-9)22-3)23-8-13(19)20/h4-6H,8H2,1-3H3,(H,19,20)/b10-4-. The molecule has 1 amide bonds. The summed E-state index contributed by atoms with van der Waals surface area (Å²) >= 11 is 1.97. The highest BCUT2D eigenvalue weighted by atomic mass is 127. The number of amides is 1. The van der Waals surface area contributed by atoms with Crippen LogP contribution in [-0.4, -0.2) is 49.7 Å². The highest BCUT2D eigenvalue weighted by Crippen LogP contribution is 2.34. The Kier molecular flexibility index (Phi) is 6.84. The SMILES string of the molecule is COc1cc(/C=C(/C#N)C(=O)N(C)C)cc(I)c1OCC(=O)O. The van der Waals surface area contributed by atoms with Gasteiger partial charge in [0.05, 0.1) is 10.7 Å². The van der Waals surface area contributed by atoms with E-state index in [-0.39, 0.29) is 5.57 Å². The molecule has 7 nitrogen and oxygen atoms in total. The second-order valence-electron chi connectivity index (χ2n) is 4.59. The van der Waals surface area contributed by atoms with E-state index in [4.69, 9.17) is 19.8 Å². The van der Waals surface area contributed by atoms with Crippen molar-refractivity contribution in [2.45, 2.75) is 0 Å². The highest BCUT2D eigenvalue weighted by molar-refractivity contribution is 14.1. The highest BCUT2D eigenvalue weighted by Gasteiger charge is 2.15. The normalized spacial score (nSPS) is 10.7. The van der Waals surface area contributed by atoms with Crippen LogP contribution in [0.25, 0.3) is 6.08 Å². The number of carboxylic acid groups (broad SMARTS) is 1. The fourth-order valence-electron chi connectivity index (χ4n) is 1.65. The molecule has 1 aromatic rings. The van der Waals surface area contributed by atoms with Crippen LogP contribution in [0.2, 0.25) is 0 Å². The van der Waals surface area contributed by atoms with Gasteiger partial charge in [0, 0.05) is 14.1 Å². The minimum absolute atomic E-state index is 0.0212. The second kappa shape index (κ2) is 8.38. The van der Waals surface area contributed by atoms with Crippen molar-refractivity contribution >= 4 is 40.5 Å². The molecular weight excluding hydrogens is 415 g/mol. The van der Waals surface area contributed by atoms with E-state index in [2.05, 4.69) is 0 Å². The van der Waals surface area contributed by atoms with Crippen LogP contribution in [0.5, 0.6) is 11.5 Å². The molecule has 0 heterocycles. The number of carbonyl (C=O) groups is 2. The summed E-state index contributed by atoms with van der Waals surface area (Å²) in [6.07, 6.45) is 1.44. The summed E-state index contributed by atoms with van der Waals surface area (Å²) in [5.41, 5.74) is 0.549. The molecule has 1 aromatic carbocycles. The summed E-state index contributed by atoms with van der Waals surface area (Å²) in [6, 6.07) is 5.10. The van der Waals surface area contributed by atoms with Gasteiger partial charge in [-0.3, -0.25) is 4.79 Å². The van der Waals surface area contributed by atoms with E-state index in [0.717, 1.165) is 0 Å². The number of methoxy groups -OCH3 is 1. The van der Waals surface area contributed by atoms with Gasteiger partial charge in [0.2, 0.25) is 0 Å². The van der Waals surface area contributed by atoms with Gasteiger partial charge in [-0.05, 0) is 46.4 Å². The molecule has 0 radical (unpaired) electrons. The van der Waals surface area contributed by atoms with Gasteiger partial charge in [-0.25, -0.2) is 4.79 Å². The topological polar surface area (TPSA) is 99.9 Å². The predicted molar refractivity (Wildman–Crippen MR) is 91.1 cm³/mol. The number of likely N-dealkylation sites (N-methyl/N-ethyl adjacent to an activating group) is 1. The zero-order chi connectivity index (χ0) is 17.6. The molecule has 0 aliphatic heterocycles. The van der Waals surface area contributed by atoms with Crippen LogP contribution in [0, 0.1) is 14.9 Å². The molecule has 0 unspecified atom stereocenters. The number of carboxylic acids is 1. The number of hydrogen-bond donors (Lipinski definition) is 1. The number of rotatable bonds is 6. The third-order valence-corrected chi connectivity index (χ3v) is 3.46. The monoisotopic (exact) mass is 430 g/mol. The van der Waals surface area contributed by atoms with Crippen LogP contribution in [0.15, 0.2) is 17.7 Å². The van der Waals surface area contributed by atoms with Crippen molar-refractivity contribution in [2.75, 3.05) is 27.8 Å². The van der Waals surface area contributed by atoms with E-state index in [0.29, 0.717) is 20.6 Å². The lowest BCUT2D eigenvalue weighted by Crippen LogP contribution is -2.22. The molecular formula is C15H15IN2O5. The predicted octanol–water partition coefficient (Wildman–Crippen LogP) is 1.76. The molecule has 0 atom stereocenters. The lowest BCUT2D eigenvalue weighted by atomic mass is 10.1. The smallest absolute Gasteiger partial charge is 0.341 e. The summed E-state index contributed by atoms with van der Waals surface area (Å²) in [5.74, 6) is -0.896. The van der Waals surface area contributed by atoms with E-state index in [1.807, 2.05) is 28.7 Å². The Morgan fingerprint density at radius 1 is 1.43 bits per heavy atom. The van der Waals surface area contributed by atoms with Crippen molar-refractivity contribution in [1.29, 1.82) is 5.26 Å². The largest absolute Gasteiger partial charge is 0.493 e. The number of benzene rings is 1. The maximum absolute atomic E-state index is 11.9. The molecule has 0 aromatic heterocycles. The van der Waals surface area contributed by atoms with E-state index in [1.165, 1.54) is 18.1 Å². The van der Waals surface area contributed by atoms with Crippen LogP contribution < -0.4 is 9.47 Å². The van der Waals surface area contributed by atoms with Crippen molar-refractivity contribution in [3.05, 3.63) is 26.8 Å². The third kappa shape index (κ3) is 5.14. The fraction of sp³-hybridized carbons (Fsp3) is 0.267. The molecule has 0 aliphatic rings. The molecule has 0 bridgehead atoms. The molecule has 0 saturated heterocycles. The number of nitrogens with zero attached hydrogens (tertiary/aromatic N) is 2. The van der Waals surface area contributed by atoms with Gasteiger partial charge >= 0.3 is 5.97 Å².